The zero-order chi connectivity index (χ0) is 12.4. The van der Waals surface area contributed by atoms with Crippen LogP contribution >= 0.6 is 0 Å². The Hall–Kier alpha value is -2.24. The van der Waals surface area contributed by atoms with Crippen molar-refractivity contribution in [3.05, 3.63) is 18.0 Å². The number of ether oxygens (including phenoxy) is 2. The number of rotatable bonds is 3. The Morgan fingerprint density at radius 1 is 1.18 bits per heavy atom. The van der Waals surface area contributed by atoms with Crippen LogP contribution in [-0.2, 0) is 0 Å². The zero-order valence-corrected chi connectivity index (χ0v) is 9.85. The first-order valence-electron chi connectivity index (χ1n) is 4.97. The second kappa shape index (κ2) is 4.32. The van der Waals surface area contributed by atoms with Crippen LogP contribution < -0.4 is 15.2 Å². The van der Waals surface area contributed by atoms with E-state index in [4.69, 9.17) is 19.6 Å². The molecule has 0 aliphatic carbocycles. The minimum Gasteiger partial charge on any atom is -0.497 e. The van der Waals surface area contributed by atoms with E-state index < -0.39 is 0 Å². The Balaban J connectivity index is 2.59. The summed E-state index contributed by atoms with van der Waals surface area (Å²) in [7, 11) is 3.10. The Morgan fingerprint density at radius 3 is 2.47 bits per heavy atom. The van der Waals surface area contributed by atoms with Gasteiger partial charge in [-0.05, 0) is 6.07 Å². The molecule has 0 unspecified atom stereocenters. The van der Waals surface area contributed by atoms with Crippen molar-refractivity contribution in [1.82, 2.24) is 10.2 Å². The van der Waals surface area contributed by atoms with Gasteiger partial charge in [0.15, 0.2) is 0 Å². The molecule has 2 N–H and O–H groups in total. The minimum absolute atomic E-state index is 0.345. The van der Waals surface area contributed by atoms with Gasteiger partial charge in [-0.25, -0.2) is 0 Å². The number of hydrogen-bond donors (Lipinski definition) is 1. The monoisotopic (exact) mass is 235 g/mol. The van der Waals surface area contributed by atoms with E-state index in [0.29, 0.717) is 34.5 Å². The second-order valence-corrected chi connectivity index (χ2v) is 3.42. The third kappa shape index (κ3) is 2.01. The lowest BCUT2D eigenvalue weighted by Crippen LogP contribution is -1.97. The van der Waals surface area contributed by atoms with Crippen LogP contribution in [0.5, 0.6) is 11.5 Å². The second-order valence-electron chi connectivity index (χ2n) is 3.42. The molecule has 0 fully saturated rings. The summed E-state index contributed by atoms with van der Waals surface area (Å²) in [4.78, 5) is 0. The van der Waals surface area contributed by atoms with E-state index in [0.717, 1.165) is 0 Å². The fourth-order valence-electron chi connectivity index (χ4n) is 1.47. The predicted octanol–water partition coefficient (Wildman–Crippen LogP) is 1.64. The van der Waals surface area contributed by atoms with Gasteiger partial charge < -0.3 is 19.6 Å². The van der Waals surface area contributed by atoms with E-state index in [-0.39, 0.29) is 0 Å². The number of nitrogens with zero attached hydrogens (tertiary/aromatic N) is 2. The molecule has 0 saturated carbocycles. The molecule has 0 bridgehead atoms. The highest BCUT2D eigenvalue weighted by Crippen LogP contribution is 2.36. The van der Waals surface area contributed by atoms with Crippen LogP contribution in [0.15, 0.2) is 16.5 Å². The summed E-state index contributed by atoms with van der Waals surface area (Å²) in [6.07, 6.45) is 0. The molecule has 0 radical (unpaired) electrons. The van der Waals surface area contributed by atoms with Gasteiger partial charge in [0.2, 0.25) is 11.8 Å². The lowest BCUT2D eigenvalue weighted by Gasteiger charge is -2.10. The smallest absolute Gasteiger partial charge is 0.250 e. The normalized spacial score (nSPS) is 10.3. The number of anilines is 1. The fourth-order valence-corrected chi connectivity index (χ4v) is 1.47. The van der Waals surface area contributed by atoms with Gasteiger partial charge >= 0.3 is 0 Å². The number of aromatic nitrogens is 2. The molecule has 6 heteroatoms. The minimum atomic E-state index is 0.345. The summed E-state index contributed by atoms with van der Waals surface area (Å²) in [5.74, 6) is 1.94. The molecular formula is C11H13N3O3. The zero-order valence-electron chi connectivity index (χ0n) is 9.85. The molecule has 0 aliphatic heterocycles. The first-order chi connectivity index (χ1) is 8.15. The molecule has 0 spiro atoms. The summed E-state index contributed by atoms with van der Waals surface area (Å²) in [5.41, 5.74) is 6.99. The molecular weight excluding hydrogens is 222 g/mol. The van der Waals surface area contributed by atoms with Gasteiger partial charge in [-0.2, -0.15) is 0 Å². The van der Waals surface area contributed by atoms with Gasteiger partial charge in [-0.15, -0.1) is 10.2 Å². The molecule has 1 aromatic heterocycles. The molecule has 0 atom stereocenters. The van der Waals surface area contributed by atoms with Gasteiger partial charge in [0.1, 0.15) is 11.5 Å². The standard InChI is InChI=1S/C11H13N3O3/c1-6-13-14-11(17-6)8-4-7(15-2)5-9(16-3)10(8)12/h4-5H,12H2,1-3H3. The number of methoxy groups -OCH3 is 2. The SMILES string of the molecule is COc1cc(OC)c(N)c(-c2nnc(C)o2)c1. The average molecular weight is 235 g/mol. The Kier molecular flexibility index (Phi) is 2.86. The van der Waals surface area contributed by atoms with Gasteiger partial charge in [0, 0.05) is 13.0 Å². The molecule has 2 rings (SSSR count). The Bertz CT molecular complexity index is 537. The van der Waals surface area contributed by atoms with E-state index in [1.165, 1.54) is 7.11 Å². The molecule has 1 aromatic carbocycles. The van der Waals surface area contributed by atoms with Crippen LogP contribution in [0, 0.1) is 6.92 Å². The van der Waals surface area contributed by atoms with Crippen LogP contribution in [0.3, 0.4) is 0 Å². The number of hydrogen-bond acceptors (Lipinski definition) is 6. The fraction of sp³-hybridized carbons (Fsp3) is 0.273. The first kappa shape index (κ1) is 11.3. The number of benzene rings is 1. The van der Waals surface area contributed by atoms with Crippen molar-refractivity contribution in [3.63, 3.8) is 0 Å². The highest BCUT2D eigenvalue weighted by atomic mass is 16.5. The molecule has 1 heterocycles. The quantitative estimate of drug-likeness (QED) is 0.814. The molecule has 0 aliphatic rings. The van der Waals surface area contributed by atoms with E-state index in [1.54, 1.807) is 26.2 Å². The van der Waals surface area contributed by atoms with Crippen molar-refractivity contribution < 1.29 is 13.9 Å². The molecule has 90 valence electrons. The summed E-state index contributed by atoms with van der Waals surface area (Å²) < 4.78 is 15.7. The highest BCUT2D eigenvalue weighted by molar-refractivity contribution is 5.77. The van der Waals surface area contributed by atoms with Gasteiger partial charge in [-0.3, -0.25) is 0 Å². The Morgan fingerprint density at radius 2 is 1.94 bits per heavy atom. The van der Waals surface area contributed by atoms with E-state index in [9.17, 15) is 0 Å². The van der Waals surface area contributed by atoms with Gasteiger partial charge in [0.25, 0.3) is 0 Å². The maximum atomic E-state index is 5.95. The van der Waals surface area contributed by atoms with E-state index >= 15 is 0 Å². The van der Waals surface area contributed by atoms with Crippen LogP contribution in [0.4, 0.5) is 5.69 Å². The lowest BCUT2D eigenvalue weighted by molar-refractivity contribution is 0.395. The van der Waals surface area contributed by atoms with Crippen LogP contribution in [0.25, 0.3) is 11.5 Å². The topological polar surface area (TPSA) is 83.4 Å². The largest absolute Gasteiger partial charge is 0.497 e. The number of nitrogens with two attached hydrogens (primary N) is 1. The number of nitrogen functional groups attached to an aromatic ring is 1. The molecule has 0 saturated heterocycles. The van der Waals surface area contributed by atoms with Crippen molar-refractivity contribution in [1.29, 1.82) is 0 Å². The predicted molar refractivity (Wildman–Crippen MR) is 62.0 cm³/mol. The summed E-state index contributed by atoms with van der Waals surface area (Å²) in [6, 6.07) is 3.42. The third-order valence-corrected chi connectivity index (χ3v) is 2.33. The van der Waals surface area contributed by atoms with Crippen LogP contribution in [-0.4, -0.2) is 24.4 Å². The summed E-state index contributed by atoms with van der Waals surface area (Å²) in [6.45, 7) is 1.71. The third-order valence-electron chi connectivity index (χ3n) is 2.33. The maximum absolute atomic E-state index is 5.95. The Labute approximate surface area is 98.4 Å². The molecule has 0 amide bonds. The molecule has 17 heavy (non-hydrogen) atoms. The van der Waals surface area contributed by atoms with Gasteiger partial charge in [-0.1, -0.05) is 0 Å². The first-order valence-corrected chi connectivity index (χ1v) is 4.97. The highest BCUT2D eigenvalue weighted by Gasteiger charge is 2.15. The maximum Gasteiger partial charge on any atom is 0.250 e. The summed E-state index contributed by atoms with van der Waals surface area (Å²) in [5, 5.41) is 7.68. The molecule has 2 aromatic rings. The van der Waals surface area contributed by atoms with Crippen LogP contribution in [0.2, 0.25) is 0 Å². The summed E-state index contributed by atoms with van der Waals surface area (Å²) >= 11 is 0. The molecule has 6 nitrogen and oxygen atoms in total. The average Bonchev–Trinajstić information content (AvgIpc) is 2.76. The van der Waals surface area contributed by atoms with Crippen molar-refractivity contribution in [3.8, 4) is 23.0 Å². The van der Waals surface area contributed by atoms with Crippen LogP contribution in [0.1, 0.15) is 5.89 Å². The van der Waals surface area contributed by atoms with Crippen molar-refractivity contribution in [2.24, 2.45) is 0 Å². The van der Waals surface area contributed by atoms with Crippen molar-refractivity contribution in [2.45, 2.75) is 6.92 Å². The van der Waals surface area contributed by atoms with E-state index in [2.05, 4.69) is 10.2 Å². The van der Waals surface area contributed by atoms with E-state index in [1.807, 2.05) is 0 Å². The van der Waals surface area contributed by atoms with Crippen molar-refractivity contribution >= 4 is 5.69 Å². The van der Waals surface area contributed by atoms with Crippen molar-refractivity contribution in [2.75, 3.05) is 20.0 Å². The van der Waals surface area contributed by atoms with Gasteiger partial charge in [0.05, 0.1) is 25.5 Å². The number of aryl methyl sites for hydroxylation is 1. The lowest BCUT2D eigenvalue weighted by atomic mass is 10.1.